The minimum atomic E-state index is 0.396. The predicted octanol–water partition coefficient (Wildman–Crippen LogP) is 3.20. The Morgan fingerprint density at radius 1 is 1.21 bits per heavy atom. The second kappa shape index (κ2) is 6.98. The van der Waals surface area contributed by atoms with Crippen LogP contribution in [0.15, 0.2) is 36.4 Å². The third-order valence-electron chi connectivity index (χ3n) is 2.70. The number of hydrogen-bond donors (Lipinski definition) is 1. The molecule has 0 aliphatic rings. The molecule has 0 saturated heterocycles. The van der Waals surface area contributed by atoms with Crippen LogP contribution in [0.3, 0.4) is 0 Å². The molecule has 1 aromatic heterocycles. The van der Waals surface area contributed by atoms with Gasteiger partial charge in [0.15, 0.2) is 0 Å². The van der Waals surface area contributed by atoms with Gasteiger partial charge < -0.3 is 10.5 Å². The summed E-state index contributed by atoms with van der Waals surface area (Å²) in [5, 5.41) is 0. The number of para-hydroxylation sites is 1. The molecular formula is C16H17NOS. The number of thiophene rings is 1. The van der Waals surface area contributed by atoms with Crippen LogP contribution in [-0.4, -0.2) is 6.54 Å². The molecule has 0 spiro atoms. The molecule has 2 N–H and O–H groups in total. The van der Waals surface area contributed by atoms with Crippen molar-refractivity contribution in [3.05, 3.63) is 51.7 Å². The molecule has 1 heterocycles. The standard InChI is InChI=1S/C16H17NOS/c1-2-13-6-3-4-8-16(13)18-12-15-10-9-14(19-15)7-5-11-17/h3-4,6,8-10H,2,11-12,17H2,1H3. The fraction of sp³-hybridized carbons (Fsp3) is 0.250. The fourth-order valence-electron chi connectivity index (χ4n) is 1.75. The molecule has 0 aliphatic heterocycles. The zero-order chi connectivity index (χ0) is 13.5. The lowest BCUT2D eigenvalue weighted by molar-refractivity contribution is 0.306. The first kappa shape index (κ1) is 13.7. The van der Waals surface area contributed by atoms with Crippen molar-refractivity contribution in [3.63, 3.8) is 0 Å². The predicted molar refractivity (Wildman–Crippen MR) is 80.4 cm³/mol. The van der Waals surface area contributed by atoms with Gasteiger partial charge in [-0.1, -0.05) is 37.0 Å². The van der Waals surface area contributed by atoms with Crippen LogP contribution < -0.4 is 10.5 Å². The number of benzene rings is 1. The lowest BCUT2D eigenvalue weighted by Gasteiger charge is -2.08. The summed E-state index contributed by atoms with van der Waals surface area (Å²) in [6.45, 7) is 3.12. The van der Waals surface area contributed by atoms with Gasteiger partial charge in [0.05, 0.1) is 11.4 Å². The number of rotatable bonds is 4. The Labute approximate surface area is 118 Å². The van der Waals surface area contributed by atoms with E-state index in [4.69, 9.17) is 10.5 Å². The van der Waals surface area contributed by atoms with Crippen LogP contribution in [-0.2, 0) is 13.0 Å². The topological polar surface area (TPSA) is 35.2 Å². The summed E-state index contributed by atoms with van der Waals surface area (Å²) >= 11 is 1.65. The Bertz CT molecular complexity index is 592. The molecule has 0 saturated carbocycles. The van der Waals surface area contributed by atoms with Crippen molar-refractivity contribution in [2.75, 3.05) is 6.54 Å². The summed E-state index contributed by atoms with van der Waals surface area (Å²) in [6, 6.07) is 12.2. The van der Waals surface area contributed by atoms with Crippen LogP contribution in [0.5, 0.6) is 5.75 Å². The molecule has 0 unspecified atom stereocenters. The number of ether oxygens (including phenoxy) is 1. The molecule has 0 radical (unpaired) electrons. The van der Waals surface area contributed by atoms with Crippen molar-refractivity contribution >= 4 is 11.3 Å². The average Bonchev–Trinajstić information content (AvgIpc) is 2.91. The van der Waals surface area contributed by atoms with Crippen LogP contribution in [0.1, 0.15) is 22.2 Å². The molecular weight excluding hydrogens is 254 g/mol. The summed E-state index contributed by atoms with van der Waals surface area (Å²) in [4.78, 5) is 2.21. The second-order valence-corrected chi connectivity index (χ2v) is 5.19. The van der Waals surface area contributed by atoms with Crippen molar-refractivity contribution in [1.29, 1.82) is 0 Å². The molecule has 0 fully saturated rings. The molecule has 0 amide bonds. The van der Waals surface area contributed by atoms with Gasteiger partial charge in [-0.25, -0.2) is 0 Å². The maximum atomic E-state index is 5.87. The van der Waals surface area contributed by atoms with Gasteiger partial charge in [0.1, 0.15) is 12.4 Å². The van der Waals surface area contributed by atoms with Crippen LogP contribution in [0, 0.1) is 11.8 Å². The normalized spacial score (nSPS) is 9.79. The zero-order valence-electron chi connectivity index (χ0n) is 11.0. The molecule has 98 valence electrons. The first-order chi connectivity index (χ1) is 9.33. The number of nitrogens with two attached hydrogens (primary N) is 1. The summed E-state index contributed by atoms with van der Waals surface area (Å²) in [7, 11) is 0. The lowest BCUT2D eigenvalue weighted by atomic mass is 10.1. The van der Waals surface area contributed by atoms with Crippen LogP contribution in [0.2, 0.25) is 0 Å². The highest BCUT2D eigenvalue weighted by Gasteiger charge is 2.03. The molecule has 0 atom stereocenters. The molecule has 1 aromatic carbocycles. The first-order valence-electron chi connectivity index (χ1n) is 6.32. The van der Waals surface area contributed by atoms with Gasteiger partial charge in [-0.3, -0.25) is 0 Å². The first-order valence-corrected chi connectivity index (χ1v) is 7.13. The van der Waals surface area contributed by atoms with Crippen molar-refractivity contribution in [2.24, 2.45) is 5.73 Å². The molecule has 0 bridgehead atoms. The van der Waals surface area contributed by atoms with Gasteiger partial charge in [-0.2, -0.15) is 0 Å². The van der Waals surface area contributed by atoms with Gasteiger partial charge in [-0.15, -0.1) is 11.3 Å². The molecule has 3 heteroatoms. The zero-order valence-corrected chi connectivity index (χ0v) is 11.8. The highest BCUT2D eigenvalue weighted by atomic mass is 32.1. The van der Waals surface area contributed by atoms with E-state index in [0.717, 1.165) is 17.0 Å². The minimum Gasteiger partial charge on any atom is -0.488 e. The summed E-state index contributed by atoms with van der Waals surface area (Å²) < 4.78 is 5.87. The van der Waals surface area contributed by atoms with Gasteiger partial charge in [0.25, 0.3) is 0 Å². The monoisotopic (exact) mass is 271 g/mol. The fourth-order valence-corrected chi connectivity index (χ4v) is 2.54. The summed E-state index contributed by atoms with van der Waals surface area (Å²) in [6.07, 6.45) is 0.980. The van der Waals surface area contributed by atoms with Crippen LogP contribution >= 0.6 is 11.3 Å². The molecule has 0 aliphatic carbocycles. The lowest BCUT2D eigenvalue weighted by Crippen LogP contribution is -1.96. The Hall–Kier alpha value is -1.76. The van der Waals surface area contributed by atoms with Gasteiger partial charge in [-0.05, 0) is 30.2 Å². The average molecular weight is 271 g/mol. The SMILES string of the molecule is CCc1ccccc1OCc1ccc(C#CCN)s1. The van der Waals surface area contributed by atoms with E-state index in [1.54, 1.807) is 11.3 Å². The van der Waals surface area contributed by atoms with E-state index >= 15 is 0 Å². The third-order valence-corrected chi connectivity index (χ3v) is 3.67. The molecule has 2 rings (SSSR count). The summed E-state index contributed by atoms with van der Waals surface area (Å²) in [5.41, 5.74) is 6.59. The Balaban J connectivity index is 2.00. The van der Waals surface area contributed by atoms with E-state index in [2.05, 4.69) is 30.9 Å². The van der Waals surface area contributed by atoms with Crippen molar-refractivity contribution < 1.29 is 4.74 Å². The van der Waals surface area contributed by atoms with E-state index in [1.807, 2.05) is 24.3 Å². The van der Waals surface area contributed by atoms with Gasteiger partial charge in [0, 0.05) is 4.88 Å². The smallest absolute Gasteiger partial charge is 0.123 e. The van der Waals surface area contributed by atoms with E-state index < -0.39 is 0 Å². The van der Waals surface area contributed by atoms with E-state index in [0.29, 0.717) is 13.2 Å². The Morgan fingerprint density at radius 3 is 2.84 bits per heavy atom. The van der Waals surface area contributed by atoms with Crippen molar-refractivity contribution in [3.8, 4) is 17.6 Å². The largest absolute Gasteiger partial charge is 0.488 e. The minimum absolute atomic E-state index is 0.396. The Morgan fingerprint density at radius 2 is 2.05 bits per heavy atom. The van der Waals surface area contributed by atoms with Crippen molar-refractivity contribution in [2.45, 2.75) is 20.0 Å². The quantitative estimate of drug-likeness (QED) is 0.867. The highest BCUT2D eigenvalue weighted by molar-refractivity contribution is 7.12. The molecule has 2 nitrogen and oxygen atoms in total. The highest BCUT2D eigenvalue weighted by Crippen LogP contribution is 2.22. The van der Waals surface area contributed by atoms with Gasteiger partial charge in [0.2, 0.25) is 0 Å². The number of hydrogen-bond acceptors (Lipinski definition) is 3. The summed E-state index contributed by atoms with van der Waals surface area (Å²) in [5.74, 6) is 6.86. The van der Waals surface area contributed by atoms with E-state index in [1.165, 1.54) is 10.4 Å². The van der Waals surface area contributed by atoms with Crippen LogP contribution in [0.25, 0.3) is 0 Å². The molecule has 2 aromatic rings. The number of aryl methyl sites for hydroxylation is 1. The van der Waals surface area contributed by atoms with Crippen molar-refractivity contribution in [1.82, 2.24) is 0 Å². The molecule has 19 heavy (non-hydrogen) atoms. The maximum Gasteiger partial charge on any atom is 0.123 e. The van der Waals surface area contributed by atoms with E-state index in [9.17, 15) is 0 Å². The van der Waals surface area contributed by atoms with Gasteiger partial charge >= 0.3 is 0 Å². The second-order valence-electron chi connectivity index (χ2n) is 4.02. The third kappa shape index (κ3) is 3.85. The van der Waals surface area contributed by atoms with E-state index in [-0.39, 0.29) is 0 Å². The Kier molecular flexibility index (Phi) is 5.02. The van der Waals surface area contributed by atoms with Crippen LogP contribution in [0.4, 0.5) is 0 Å². The maximum absolute atomic E-state index is 5.87.